The van der Waals surface area contributed by atoms with Crippen LogP contribution >= 0.6 is 0 Å². The summed E-state index contributed by atoms with van der Waals surface area (Å²) in [5.74, 6) is 0. The zero-order valence-electron chi connectivity index (χ0n) is 11.8. The van der Waals surface area contributed by atoms with E-state index >= 15 is 0 Å². The van der Waals surface area contributed by atoms with Crippen LogP contribution in [0.15, 0.2) is 24.5 Å². The molecule has 0 unspecified atom stereocenters. The second-order valence-electron chi connectivity index (χ2n) is 5.47. The Labute approximate surface area is 118 Å². The van der Waals surface area contributed by atoms with Gasteiger partial charge in [0, 0.05) is 57.1 Å². The Hall–Kier alpha value is -1.72. The van der Waals surface area contributed by atoms with E-state index in [0.29, 0.717) is 5.56 Å². The molecule has 2 aromatic heterocycles. The van der Waals surface area contributed by atoms with E-state index in [0.717, 1.165) is 56.8 Å². The second-order valence-corrected chi connectivity index (χ2v) is 5.47. The molecule has 3 rings (SSSR count). The molecule has 0 saturated carbocycles. The maximum absolute atomic E-state index is 10.8. The Bertz CT molecular complexity index is 599. The Morgan fingerprint density at radius 2 is 2.10 bits per heavy atom. The van der Waals surface area contributed by atoms with Crippen molar-refractivity contribution in [2.45, 2.75) is 6.42 Å². The van der Waals surface area contributed by atoms with Gasteiger partial charge < -0.3 is 14.2 Å². The van der Waals surface area contributed by atoms with Crippen molar-refractivity contribution in [3.63, 3.8) is 0 Å². The van der Waals surface area contributed by atoms with Crippen LogP contribution < -0.4 is 0 Å². The fourth-order valence-electron chi connectivity index (χ4n) is 2.59. The van der Waals surface area contributed by atoms with Gasteiger partial charge in [0.25, 0.3) is 0 Å². The number of likely N-dealkylation sites (N-methyl/N-ethyl adjacent to an activating group) is 1. The molecule has 2 aromatic rings. The molecule has 0 aliphatic carbocycles. The Balaban J connectivity index is 1.64. The normalized spacial score (nSPS) is 17.6. The summed E-state index contributed by atoms with van der Waals surface area (Å²) in [7, 11) is 2.17. The number of carbonyl (C=O) groups is 1. The first-order chi connectivity index (χ1) is 9.74. The highest BCUT2D eigenvalue weighted by Crippen LogP contribution is 2.09. The first kappa shape index (κ1) is 13.3. The van der Waals surface area contributed by atoms with Gasteiger partial charge >= 0.3 is 0 Å². The quantitative estimate of drug-likeness (QED) is 0.777. The van der Waals surface area contributed by atoms with Gasteiger partial charge in [0.1, 0.15) is 11.9 Å². The molecule has 1 saturated heterocycles. The fraction of sp³-hybridized carbons (Fsp3) is 0.467. The zero-order valence-corrected chi connectivity index (χ0v) is 11.8. The molecule has 0 radical (unpaired) electrons. The lowest BCUT2D eigenvalue weighted by Crippen LogP contribution is -2.45. The molecule has 0 N–H and O–H groups in total. The van der Waals surface area contributed by atoms with E-state index in [9.17, 15) is 4.79 Å². The highest BCUT2D eigenvalue weighted by atomic mass is 16.1. The summed E-state index contributed by atoms with van der Waals surface area (Å²) in [5, 5.41) is 0. The Kier molecular flexibility index (Phi) is 3.80. The van der Waals surface area contributed by atoms with Crippen molar-refractivity contribution in [3.05, 3.63) is 35.8 Å². The average molecular weight is 272 g/mol. The average Bonchev–Trinajstić information content (AvgIpc) is 2.88. The van der Waals surface area contributed by atoms with Crippen molar-refractivity contribution >= 4 is 11.9 Å². The highest BCUT2D eigenvalue weighted by molar-refractivity contribution is 5.76. The molecule has 0 atom stereocenters. The van der Waals surface area contributed by atoms with Gasteiger partial charge in [0.2, 0.25) is 0 Å². The van der Waals surface area contributed by atoms with Gasteiger partial charge in [-0.05, 0) is 19.2 Å². The molecule has 0 aromatic carbocycles. The summed E-state index contributed by atoms with van der Waals surface area (Å²) in [6.07, 6.45) is 5.77. The predicted octanol–water partition coefficient (Wildman–Crippen LogP) is 0.937. The summed E-state index contributed by atoms with van der Waals surface area (Å²) >= 11 is 0. The molecule has 1 aliphatic rings. The van der Waals surface area contributed by atoms with Crippen LogP contribution in [-0.2, 0) is 6.42 Å². The minimum atomic E-state index is 0.675. The number of imidazole rings is 1. The summed E-state index contributed by atoms with van der Waals surface area (Å²) in [6.45, 7) is 5.62. The summed E-state index contributed by atoms with van der Waals surface area (Å²) in [4.78, 5) is 20.2. The van der Waals surface area contributed by atoms with Gasteiger partial charge in [-0.25, -0.2) is 4.98 Å². The van der Waals surface area contributed by atoms with Crippen LogP contribution in [0.2, 0.25) is 0 Å². The van der Waals surface area contributed by atoms with E-state index in [-0.39, 0.29) is 0 Å². The molecule has 0 bridgehead atoms. The molecule has 5 heteroatoms. The maximum atomic E-state index is 10.8. The van der Waals surface area contributed by atoms with Crippen LogP contribution in [0.25, 0.3) is 5.65 Å². The molecule has 20 heavy (non-hydrogen) atoms. The zero-order chi connectivity index (χ0) is 13.9. The van der Waals surface area contributed by atoms with Gasteiger partial charge in [0.15, 0.2) is 0 Å². The third-order valence-corrected chi connectivity index (χ3v) is 3.95. The van der Waals surface area contributed by atoms with Crippen molar-refractivity contribution in [3.8, 4) is 0 Å². The largest absolute Gasteiger partial charge is 0.307 e. The highest BCUT2D eigenvalue weighted by Gasteiger charge is 2.13. The number of aldehydes is 1. The summed E-state index contributed by atoms with van der Waals surface area (Å²) < 4.78 is 1.98. The van der Waals surface area contributed by atoms with Crippen molar-refractivity contribution in [2.75, 3.05) is 39.8 Å². The van der Waals surface area contributed by atoms with Gasteiger partial charge in [-0.2, -0.15) is 0 Å². The number of hydrogen-bond acceptors (Lipinski definition) is 4. The number of rotatable bonds is 4. The van der Waals surface area contributed by atoms with Crippen LogP contribution in [0.1, 0.15) is 16.1 Å². The molecular weight excluding hydrogens is 252 g/mol. The van der Waals surface area contributed by atoms with E-state index in [1.807, 2.05) is 22.7 Å². The number of aromatic nitrogens is 2. The van der Waals surface area contributed by atoms with Gasteiger partial charge in [-0.15, -0.1) is 0 Å². The molecule has 1 aliphatic heterocycles. The van der Waals surface area contributed by atoms with Gasteiger partial charge in [-0.3, -0.25) is 4.79 Å². The van der Waals surface area contributed by atoms with Crippen LogP contribution in [0.3, 0.4) is 0 Å². The maximum Gasteiger partial charge on any atom is 0.150 e. The van der Waals surface area contributed by atoms with E-state index in [1.165, 1.54) is 0 Å². The lowest BCUT2D eigenvalue weighted by atomic mass is 10.2. The molecule has 5 nitrogen and oxygen atoms in total. The number of fused-ring (bicyclic) bond motifs is 1. The monoisotopic (exact) mass is 272 g/mol. The van der Waals surface area contributed by atoms with Crippen molar-refractivity contribution in [1.29, 1.82) is 0 Å². The van der Waals surface area contributed by atoms with E-state index in [1.54, 1.807) is 0 Å². The third kappa shape index (κ3) is 2.89. The predicted molar refractivity (Wildman–Crippen MR) is 78.2 cm³/mol. The van der Waals surface area contributed by atoms with Gasteiger partial charge in [0.05, 0.1) is 5.69 Å². The number of piperazine rings is 1. The molecule has 3 heterocycles. The molecule has 106 valence electrons. The van der Waals surface area contributed by atoms with E-state index in [2.05, 4.69) is 28.0 Å². The Morgan fingerprint density at radius 1 is 1.30 bits per heavy atom. The van der Waals surface area contributed by atoms with Crippen molar-refractivity contribution in [2.24, 2.45) is 0 Å². The number of carbonyl (C=O) groups excluding carboxylic acids is 1. The lowest BCUT2D eigenvalue weighted by Gasteiger charge is -2.32. The SMILES string of the molecule is CN1CCN(CCc2cn3ccc(C=O)cc3n2)CC1. The molecule has 0 spiro atoms. The van der Waals surface area contributed by atoms with E-state index < -0.39 is 0 Å². The number of pyridine rings is 1. The lowest BCUT2D eigenvalue weighted by molar-refractivity contribution is 0.112. The van der Waals surface area contributed by atoms with Crippen molar-refractivity contribution in [1.82, 2.24) is 19.2 Å². The van der Waals surface area contributed by atoms with Crippen LogP contribution in [0.4, 0.5) is 0 Å². The number of hydrogen-bond donors (Lipinski definition) is 0. The minimum Gasteiger partial charge on any atom is -0.307 e. The fourth-order valence-corrected chi connectivity index (χ4v) is 2.59. The minimum absolute atomic E-state index is 0.675. The van der Waals surface area contributed by atoms with Crippen LogP contribution in [-0.4, -0.2) is 65.2 Å². The van der Waals surface area contributed by atoms with Gasteiger partial charge in [-0.1, -0.05) is 0 Å². The number of nitrogens with zero attached hydrogens (tertiary/aromatic N) is 4. The van der Waals surface area contributed by atoms with Crippen LogP contribution in [0.5, 0.6) is 0 Å². The van der Waals surface area contributed by atoms with Crippen LogP contribution in [0, 0.1) is 0 Å². The third-order valence-electron chi connectivity index (χ3n) is 3.95. The Morgan fingerprint density at radius 3 is 2.85 bits per heavy atom. The molecule has 0 amide bonds. The first-order valence-electron chi connectivity index (χ1n) is 7.08. The second kappa shape index (κ2) is 5.73. The topological polar surface area (TPSA) is 40.9 Å². The van der Waals surface area contributed by atoms with E-state index in [4.69, 9.17) is 0 Å². The van der Waals surface area contributed by atoms with Crippen molar-refractivity contribution < 1.29 is 4.79 Å². The molecule has 1 fully saturated rings. The summed E-state index contributed by atoms with van der Waals surface area (Å²) in [5.41, 5.74) is 2.61. The molecular formula is C15H20N4O. The summed E-state index contributed by atoms with van der Waals surface area (Å²) in [6, 6.07) is 3.64. The first-order valence-corrected chi connectivity index (χ1v) is 7.08. The smallest absolute Gasteiger partial charge is 0.150 e. The standard InChI is InChI=1S/C15H20N4O/c1-17-6-8-18(9-7-17)4-3-14-11-19-5-2-13(12-20)10-15(19)16-14/h2,5,10-12H,3-4,6-9H2,1H3.